The highest BCUT2D eigenvalue weighted by atomic mass is 79.9. The largest absolute Gasteiger partial charge is 0.455 e. The van der Waals surface area contributed by atoms with Gasteiger partial charge in [-0.25, -0.2) is 15.0 Å². The second-order valence-electron chi connectivity index (χ2n) is 7.35. The summed E-state index contributed by atoms with van der Waals surface area (Å²) in [6, 6.07) is 11.4. The normalized spacial score (nSPS) is 23.0. The Hall–Kier alpha value is -3.16. The number of imidazole rings is 1. The van der Waals surface area contributed by atoms with E-state index in [1.807, 2.05) is 30.3 Å². The molecular weight excluding hydrogens is 496 g/mol. The van der Waals surface area contributed by atoms with Crippen molar-refractivity contribution in [3.8, 4) is 11.3 Å². The van der Waals surface area contributed by atoms with Gasteiger partial charge in [0.15, 0.2) is 23.2 Å². The van der Waals surface area contributed by atoms with Gasteiger partial charge in [-0.3, -0.25) is 9.99 Å². The van der Waals surface area contributed by atoms with E-state index >= 15 is 0 Å². The summed E-state index contributed by atoms with van der Waals surface area (Å²) in [5.41, 5.74) is 4.52. The summed E-state index contributed by atoms with van der Waals surface area (Å²) in [5.74, 6) is 1.59. The van der Waals surface area contributed by atoms with Gasteiger partial charge in [0.05, 0.1) is 19.1 Å². The molecule has 1 aliphatic rings. The molecule has 4 N–H and O–H groups in total. The average Bonchev–Trinajstić information content (AvgIpc) is 3.53. The van der Waals surface area contributed by atoms with Gasteiger partial charge in [-0.15, -0.1) is 0 Å². The minimum absolute atomic E-state index is 0.335. The van der Waals surface area contributed by atoms with Crippen LogP contribution in [0.2, 0.25) is 0 Å². The number of halogens is 1. The third-order valence-electron chi connectivity index (χ3n) is 5.27. The van der Waals surface area contributed by atoms with E-state index in [-0.39, 0.29) is 0 Å². The first-order valence-electron chi connectivity index (χ1n) is 10.00. The van der Waals surface area contributed by atoms with Crippen LogP contribution in [-0.4, -0.2) is 66.0 Å². The Balaban J connectivity index is 1.33. The molecule has 4 aromatic rings. The van der Waals surface area contributed by atoms with Crippen molar-refractivity contribution in [1.82, 2.24) is 19.5 Å². The molecule has 4 heterocycles. The molecule has 33 heavy (non-hydrogen) atoms. The second kappa shape index (κ2) is 9.00. The monoisotopic (exact) mass is 514 g/mol. The van der Waals surface area contributed by atoms with Crippen LogP contribution < -0.4 is 5.43 Å². The number of fused-ring (bicyclic) bond motifs is 1. The fourth-order valence-corrected chi connectivity index (χ4v) is 3.84. The SMILES string of the molecule is OC[C@H]1O[C@@H](n2cnc3c(NN=Cc4ccc(-c5ccc(Br)cc5)o4)ncnc32)[C@H](O)[C@@H]1O. The van der Waals surface area contributed by atoms with Crippen molar-refractivity contribution in [3.63, 3.8) is 0 Å². The molecule has 170 valence electrons. The molecule has 1 aromatic carbocycles. The van der Waals surface area contributed by atoms with Gasteiger partial charge in [-0.1, -0.05) is 28.1 Å². The predicted molar refractivity (Wildman–Crippen MR) is 121 cm³/mol. The van der Waals surface area contributed by atoms with Crippen LogP contribution in [0.4, 0.5) is 5.82 Å². The molecule has 1 aliphatic heterocycles. The van der Waals surface area contributed by atoms with Gasteiger partial charge in [-0.05, 0) is 24.3 Å². The van der Waals surface area contributed by atoms with Crippen LogP contribution in [0.25, 0.3) is 22.5 Å². The summed E-state index contributed by atoms with van der Waals surface area (Å²) in [6.45, 7) is -0.422. The molecule has 11 nitrogen and oxygen atoms in total. The molecule has 0 aliphatic carbocycles. The fourth-order valence-electron chi connectivity index (χ4n) is 3.58. The highest BCUT2D eigenvalue weighted by molar-refractivity contribution is 9.10. The quantitative estimate of drug-likeness (QED) is 0.223. The zero-order valence-electron chi connectivity index (χ0n) is 17.0. The summed E-state index contributed by atoms with van der Waals surface area (Å²) in [5, 5.41) is 33.8. The predicted octanol–water partition coefficient (Wildman–Crippen LogP) is 1.91. The highest BCUT2D eigenvalue weighted by Gasteiger charge is 2.44. The summed E-state index contributed by atoms with van der Waals surface area (Å²) in [4.78, 5) is 12.7. The molecule has 4 atom stereocenters. The first-order chi connectivity index (χ1) is 16.0. The molecule has 0 saturated carbocycles. The number of aliphatic hydroxyl groups is 3. The Morgan fingerprint density at radius 3 is 2.67 bits per heavy atom. The van der Waals surface area contributed by atoms with Crippen LogP contribution in [0.1, 0.15) is 12.0 Å². The maximum absolute atomic E-state index is 10.3. The first-order valence-corrected chi connectivity index (χ1v) is 10.8. The standard InChI is InChI=1S/C21H19BrN6O5/c22-12-3-1-11(2-4-12)14-6-5-13(32-14)7-26-27-19-16-20(24-9-23-19)28(10-25-16)21-18(31)17(30)15(8-29)33-21/h1-7,9-10,15,17-18,21,29-31H,8H2,(H,23,24,27)/t15-,17-,18-,21-/m1/s1. The number of hydrogen-bond acceptors (Lipinski definition) is 10. The highest BCUT2D eigenvalue weighted by Crippen LogP contribution is 2.32. The smallest absolute Gasteiger partial charge is 0.177 e. The van der Waals surface area contributed by atoms with Crippen molar-refractivity contribution in [2.24, 2.45) is 5.10 Å². The Labute approximate surface area is 195 Å². The van der Waals surface area contributed by atoms with Crippen LogP contribution in [0.5, 0.6) is 0 Å². The van der Waals surface area contributed by atoms with E-state index in [0.29, 0.717) is 28.5 Å². The first kappa shape index (κ1) is 21.7. The molecule has 1 fully saturated rings. The summed E-state index contributed by atoms with van der Waals surface area (Å²) < 4.78 is 13.8. The number of furan rings is 1. The van der Waals surface area contributed by atoms with Crippen LogP contribution in [0, 0.1) is 0 Å². The van der Waals surface area contributed by atoms with Crippen molar-refractivity contribution in [3.05, 3.63) is 59.3 Å². The minimum atomic E-state index is -1.25. The molecule has 0 bridgehead atoms. The molecule has 5 rings (SSSR count). The Morgan fingerprint density at radius 2 is 1.91 bits per heavy atom. The number of rotatable bonds is 6. The summed E-state index contributed by atoms with van der Waals surface area (Å²) in [7, 11) is 0. The van der Waals surface area contributed by atoms with E-state index in [9.17, 15) is 15.3 Å². The van der Waals surface area contributed by atoms with Gasteiger partial charge in [0, 0.05) is 10.0 Å². The van der Waals surface area contributed by atoms with E-state index < -0.39 is 31.1 Å². The van der Waals surface area contributed by atoms with Crippen LogP contribution in [0.15, 0.2) is 63.0 Å². The molecular formula is C21H19BrN6O5. The molecule has 0 amide bonds. The van der Waals surface area contributed by atoms with Crippen molar-refractivity contribution in [1.29, 1.82) is 0 Å². The van der Waals surface area contributed by atoms with E-state index in [1.54, 1.807) is 6.07 Å². The Bertz CT molecular complexity index is 1290. The summed E-state index contributed by atoms with van der Waals surface area (Å²) >= 11 is 3.41. The Kier molecular flexibility index (Phi) is 5.91. The minimum Gasteiger partial charge on any atom is -0.455 e. The second-order valence-corrected chi connectivity index (χ2v) is 8.27. The zero-order chi connectivity index (χ0) is 22.9. The van der Waals surface area contributed by atoms with Gasteiger partial charge >= 0.3 is 0 Å². The van der Waals surface area contributed by atoms with Gasteiger partial charge in [0.2, 0.25) is 0 Å². The maximum atomic E-state index is 10.3. The molecule has 0 unspecified atom stereocenters. The maximum Gasteiger partial charge on any atom is 0.177 e. The molecule has 0 spiro atoms. The van der Waals surface area contributed by atoms with Gasteiger partial charge in [0.1, 0.15) is 36.2 Å². The number of nitrogens with one attached hydrogen (secondary N) is 1. The lowest BCUT2D eigenvalue weighted by atomic mass is 10.1. The number of nitrogens with zero attached hydrogens (tertiary/aromatic N) is 5. The number of aliphatic hydroxyl groups excluding tert-OH is 3. The van der Waals surface area contributed by atoms with Gasteiger partial charge in [-0.2, -0.15) is 5.10 Å². The van der Waals surface area contributed by atoms with Crippen molar-refractivity contribution in [2.45, 2.75) is 24.5 Å². The van der Waals surface area contributed by atoms with E-state index in [2.05, 4.69) is 41.4 Å². The molecule has 1 saturated heterocycles. The van der Waals surface area contributed by atoms with Crippen molar-refractivity contribution < 1.29 is 24.5 Å². The average molecular weight is 515 g/mol. The lowest BCUT2D eigenvalue weighted by Crippen LogP contribution is -2.33. The number of benzene rings is 1. The van der Waals surface area contributed by atoms with Crippen molar-refractivity contribution >= 4 is 39.1 Å². The van der Waals surface area contributed by atoms with Crippen molar-refractivity contribution in [2.75, 3.05) is 12.0 Å². The van der Waals surface area contributed by atoms with Crippen LogP contribution in [-0.2, 0) is 4.74 Å². The van der Waals surface area contributed by atoms with Crippen LogP contribution in [0.3, 0.4) is 0 Å². The fraction of sp³-hybridized carbons (Fsp3) is 0.238. The van der Waals surface area contributed by atoms with Crippen LogP contribution >= 0.6 is 15.9 Å². The van der Waals surface area contributed by atoms with E-state index in [1.165, 1.54) is 23.4 Å². The topological polar surface area (TPSA) is 151 Å². The van der Waals surface area contributed by atoms with E-state index in [0.717, 1.165) is 10.0 Å². The van der Waals surface area contributed by atoms with Gasteiger partial charge in [0.25, 0.3) is 0 Å². The number of aromatic nitrogens is 4. The van der Waals surface area contributed by atoms with Gasteiger partial charge < -0.3 is 24.5 Å². The number of hydrogen-bond donors (Lipinski definition) is 4. The third-order valence-corrected chi connectivity index (χ3v) is 5.80. The molecule has 12 heteroatoms. The number of ether oxygens (including phenoxy) is 1. The van der Waals surface area contributed by atoms with E-state index in [4.69, 9.17) is 9.15 Å². The lowest BCUT2D eigenvalue weighted by molar-refractivity contribution is -0.0511. The Morgan fingerprint density at radius 1 is 1.09 bits per heavy atom. The number of hydrazone groups is 1. The molecule has 3 aromatic heterocycles. The third kappa shape index (κ3) is 4.14. The zero-order valence-corrected chi connectivity index (χ0v) is 18.6. The molecule has 0 radical (unpaired) electrons. The summed E-state index contributed by atoms with van der Waals surface area (Å²) in [6.07, 6.45) is -0.0705. The lowest BCUT2D eigenvalue weighted by Gasteiger charge is -2.16. The number of anilines is 1.